The summed E-state index contributed by atoms with van der Waals surface area (Å²) >= 11 is 0. The van der Waals surface area contributed by atoms with Gasteiger partial charge in [-0.25, -0.2) is 0 Å². The van der Waals surface area contributed by atoms with E-state index in [0.717, 1.165) is 6.92 Å². The molecular weight excluding hydrogens is 180 g/mol. The third-order valence-electron chi connectivity index (χ3n) is 0.940. The summed E-state index contributed by atoms with van der Waals surface area (Å²) in [5.74, 6) is -0.833. The van der Waals surface area contributed by atoms with Crippen LogP contribution in [0.25, 0.3) is 0 Å². The molecule has 1 aromatic rings. The standard InChI is InChI=1S/C7H8.C2H4O2.C2H6O/c1-7-5-3-2-4-6-7;1-2(3)4;1-2-3/h2-6H,1H3;1H3,(H,3,4);3H,2H2,1H3. The highest BCUT2D eigenvalue weighted by molar-refractivity contribution is 5.62. The van der Waals surface area contributed by atoms with Gasteiger partial charge in [-0.15, -0.1) is 0 Å². The summed E-state index contributed by atoms with van der Waals surface area (Å²) in [6.45, 7) is 5.10. The Balaban J connectivity index is 0. The van der Waals surface area contributed by atoms with Crippen LogP contribution in [0.2, 0.25) is 0 Å². The molecule has 0 aliphatic carbocycles. The molecule has 1 aromatic carbocycles. The molecule has 0 bridgehead atoms. The molecule has 0 aliphatic rings. The minimum atomic E-state index is -0.833. The van der Waals surface area contributed by atoms with Crippen molar-refractivity contribution in [3.05, 3.63) is 35.9 Å². The SMILES string of the molecule is CC(=O)O.CCO.Cc1ccccc1. The van der Waals surface area contributed by atoms with Gasteiger partial charge in [-0.1, -0.05) is 35.9 Å². The van der Waals surface area contributed by atoms with Crippen molar-refractivity contribution in [1.29, 1.82) is 0 Å². The zero-order valence-corrected chi connectivity index (χ0v) is 8.90. The Hall–Kier alpha value is -1.35. The van der Waals surface area contributed by atoms with Crippen LogP contribution >= 0.6 is 0 Å². The molecule has 14 heavy (non-hydrogen) atoms. The zero-order chi connectivity index (χ0) is 11.4. The molecule has 0 saturated carbocycles. The van der Waals surface area contributed by atoms with E-state index in [9.17, 15) is 0 Å². The molecule has 0 unspecified atom stereocenters. The second kappa shape index (κ2) is 11.6. The smallest absolute Gasteiger partial charge is 0.300 e. The number of aliphatic hydroxyl groups excluding tert-OH is 1. The Bertz CT molecular complexity index is 215. The van der Waals surface area contributed by atoms with Crippen LogP contribution in [0.15, 0.2) is 30.3 Å². The average molecular weight is 198 g/mol. The highest BCUT2D eigenvalue weighted by Gasteiger charge is 1.72. The Morgan fingerprint density at radius 3 is 1.71 bits per heavy atom. The number of carboxylic acids is 1. The minimum absolute atomic E-state index is 0.250. The van der Waals surface area contributed by atoms with Gasteiger partial charge in [-0.2, -0.15) is 0 Å². The quantitative estimate of drug-likeness (QED) is 0.671. The van der Waals surface area contributed by atoms with Crippen molar-refractivity contribution in [2.24, 2.45) is 0 Å². The molecule has 0 aliphatic heterocycles. The van der Waals surface area contributed by atoms with Crippen molar-refractivity contribution in [1.82, 2.24) is 0 Å². The predicted molar refractivity (Wildman–Crippen MR) is 57.2 cm³/mol. The third-order valence-corrected chi connectivity index (χ3v) is 0.940. The van der Waals surface area contributed by atoms with Gasteiger partial charge in [0, 0.05) is 13.5 Å². The first-order valence-electron chi connectivity index (χ1n) is 4.36. The van der Waals surface area contributed by atoms with Gasteiger partial charge >= 0.3 is 0 Å². The van der Waals surface area contributed by atoms with Crippen molar-refractivity contribution in [3.63, 3.8) is 0 Å². The van der Waals surface area contributed by atoms with Gasteiger partial charge in [0.2, 0.25) is 0 Å². The Morgan fingerprint density at radius 2 is 1.57 bits per heavy atom. The van der Waals surface area contributed by atoms with Crippen molar-refractivity contribution >= 4 is 5.97 Å². The first-order valence-corrected chi connectivity index (χ1v) is 4.36. The molecule has 2 N–H and O–H groups in total. The van der Waals surface area contributed by atoms with Crippen LogP contribution in [0.3, 0.4) is 0 Å². The molecule has 0 atom stereocenters. The van der Waals surface area contributed by atoms with Crippen LogP contribution in [0.1, 0.15) is 19.4 Å². The number of hydrogen-bond acceptors (Lipinski definition) is 2. The maximum absolute atomic E-state index is 9.00. The molecule has 80 valence electrons. The second-order valence-electron chi connectivity index (χ2n) is 2.49. The summed E-state index contributed by atoms with van der Waals surface area (Å²) in [7, 11) is 0. The van der Waals surface area contributed by atoms with Crippen molar-refractivity contribution in [2.45, 2.75) is 20.8 Å². The highest BCUT2D eigenvalue weighted by atomic mass is 16.4. The number of aliphatic hydroxyl groups is 1. The van der Waals surface area contributed by atoms with Crippen LogP contribution < -0.4 is 0 Å². The van der Waals surface area contributed by atoms with E-state index in [0.29, 0.717) is 0 Å². The number of carbonyl (C=O) groups is 1. The van der Waals surface area contributed by atoms with Crippen molar-refractivity contribution in [2.75, 3.05) is 6.61 Å². The van der Waals surface area contributed by atoms with Gasteiger partial charge in [0.1, 0.15) is 0 Å². The molecular formula is C11H18O3. The molecule has 3 heteroatoms. The summed E-state index contributed by atoms with van der Waals surface area (Å²) in [6, 6.07) is 10.3. The number of rotatable bonds is 0. The fourth-order valence-corrected chi connectivity index (χ4v) is 0.534. The third kappa shape index (κ3) is 22.4. The molecule has 0 saturated heterocycles. The van der Waals surface area contributed by atoms with Crippen LogP contribution in [-0.2, 0) is 4.79 Å². The van der Waals surface area contributed by atoms with Gasteiger partial charge in [0.15, 0.2) is 0 Å². The first kappa shape index (κ1) is 15.1. The lowest BCUT2D eigenvalue weighted by molar-refractivity contribution is -0.134. The summed E-state index contributed by atoms with van der Waals surface area (Å²) in [5.41, 5.74) is 1.32. The van der Waals surface area contributed by atoms with E-state index in [-0.39, 0.29) is 6.61 Å². The van der Waals surface area contributed by atoms with E-state index in [1.807, 2.05) is 18.2 Å². The van der Waals surface area contributed by atoms with E-state index >= 15 is 0 Å². The van der Waals surface area contributed by atoms with Crippen LogP contribution in [-0.4, -0.2) is 22.8 Å². The largest absolute Gasteiger partial charge is 0.481 e. The summed E-state index contributed by atoms with van der Waals surface area (Å²) in [4.78, 5) is 9.00. The number of hydrogen-bond donors (Lipinski definition) is 2. The van der Waals surface area contributed by atoms with Gasteiger partial charge < -0.3 is 10.2 Å². The Labute approximate surface area is 85.0 Å². The summed E-state index contributed by atoms with van der Waals surface area (Å²) in [5, 5.41) is 15.0. The normalized spacial score (nSPS) is 7.43. The zero-order valence-electron chi connectivity index (χ0n) is 8.90. The van der Waals surface area contributed by atoms with E-state index in [2.05, 4.69) is 19.1 Å². The number of benzene rings is 1. The molecule has 0 radical (unpaired) electrons. The number of carboxylic acid groups (broad SMARTS) is 1. The Morgan fingerprint density at radius 1 is 1.29 bits per heavy atom. The molecule has 3 nitrogen and oxygen atoms in total. The molecule has 0 spiro atoms. The Kier molecular flexibility index (Phi) is 12.6. The van der Waals surface area contributed by atoms with Crippen molar-refractivity contribution in [3.8, 4) is 0 Å². The monoisotopic (exact) mass is 198 g/mol. The lowest BCUT2D eigenvalue weighted by Gasteiger charge is -1.82. The average Bonchev–Trinajstić information content (AvgIpc) is 2.05. The van der Waals surface area contributed by atoms with Gasteiger partial charge in [-0.3, -0.25) is 4.79 Å². The van der Waals surface area contributed by atoms with E-state index in [1.165, 1.54) is 5.56 Å². The highest BCUT2D eigenvalue weighted by Crippen LogP contribution is 1.92. The van der Waals surface area contributed by atoms with Crippen LogP contribution in [0.4, 0.5) is 0 Å². The topological polar surface area (TPSA) is 57.5 Å². The maximum atomic E-state index is 9.00. The lowest BCUT2D eigenvalue weighted by atomic mass is 10.2. The molecule has 0 amide bonds. The fraction of sp³-hybridized carbons (Fsp3) is 0.364. The second-order valence-corrected chi connectivity index (χ2v) is 2.49. The van der Waals surface area contributed by atoms with Gasteiger partial charge in [-0.05, 0) is 13.8 Å². The summed E-state index contributed by atoms with van der Waals surface area (Å²) in [6.07, 6.45) is 0. The van der Waals surface area contributed by atoms with E-state index in [4.69, 9.17) is 15.0 Å². The lowest BCUT2D eigenvalue weighted by Crippen LogP contribution is -1.78. The fourth-order valence-electron chi connectivity index (χ4n) is 0.534. The van der Waals surface area contributed by atoms with Crippen molar-refractivity contribution < 1.29 is 15.0 Å². The van der Waals surface area contributed by atoms with E-state index < -0.39 is 5.97 Å². The molecule has 0 aromatic heterocycles. The molecule has 0 heterocycles. The molecule has 0 fully saturated rings. The van der Waals surface area contributed by atoms with E-state index in [1.54, 1.807) is 6.92 Å². The first-order chi connectivity index (χ1) is 6.54. The molecule has 1 rings (SSSR count). The number of aryl methyl sites for hydroxylation is 1. The predicted octanol–water partition coefficient (Wildman–Crippen LogP) is 2.08. The minimum Gasteiger partial charge on any atom is -0.481 e. The van der Waals surface area contributed by atoms with Gasteiger partial charge in [0.25, 0.3) is 5.97 Å². The van der Waals surface area contributed by atoms with Crippen LogP contribution in [0.5, 0.6) is 0 Å². The maximum Gasteiger partial charge on any atom is 0.300 e. The van der Waals surface area contributed by atoms with Crippen LogP contribution in [0, 0.1) is 6.92 Å². The number of aliphatic carboxylic acids is 1. The van der Waals surface area contributed by atoms with Gasteiger partial charge in [0.05, 0.1) is 0 Å². The summed E-state index contributed by atoms with van der Waals surface area (Å²) < 4.78 is 0.